The number of aryl methyl sites for hydroxylation is 1. The lowest BCUT2D eigenvalue weighted by Gasteiger charge is -2.44. The molecule has 0 radical (unpaired) electrons. The SMILES string of the molecule is C=CC(=O)N1CC(C)N(c2nc(=O)n(-c3c(C)ccnc3C(C)C)c3nc(C4CC4)c(Cl)cc23)CC1C. The van der Waals surface area contributed by atoms with Crippen molar-refractivity contribution in [3.05, 3.63) is 63.4 Å². The van der Waals surface area contributed by atoms with Crippen LogP contribution in [0, 0.1) is 6.92 Å². The molecule has 1 saturated carbocycles. The second kappa shape index (κ2) is 9.56. The summed E-state index contributed by atoms with van der Waals surface area (Å²) < 4.78 is 1.62. The van der Waals surface area contributed by atoms with E-state index in [-0.39, 0.29) is 23.9 Å². The van der Waals surface area contributed by atoms with Crippen LogP contribution in [0.2, 0.25) is 5.02 Å². The van der Waals surface area contributed by atoms with Gasteiger partial charge in [0.1, 0.15) is 5.82 Å². The van der Waals surface area contributed by atoms with Crippen molar-refractivity contribution in [1.29, 1.82) is 0 Å². The number of piperazine rings is 1. The van der Waals surface area contributed by atoms with E-state index in [1.165, 1.54) is 6.08 Å². The predicted molar refractivity (Wildman–Crippen MR) is 147 cm³/mol. The number of anilines is 1. The van der Waals surface area contributed by atoms with Crippen molar-refractivity contribution in [2.75, 3.05) is 18.0 Å². The molecule has 0 spiro atoms. The number of amides is 1. The number of rotatable bonds is 5. The summed E-state index contributed by atoms with van der Waals surface area (Å²) in [5.74, 6) is 0.858. The van der Waals surface area contributed by atoms with Crippen molar-refractivity contribution < 1.29 is 4.79 Å². The lowest BCUT2D eigenvalue weighted by Crippen LogP contribution is -2.58. The van der Waals surface area contributed by atoms with Crippen molar-refractivity contribution in [3.8, 4) is 5.69 Å². The molecule has 1 aliphatic carbocycles. The first-order valence-corrected chi connectivity index (χ1v) is 13.3. The van der Waals surface area contributed by atoms with Gasteiger partial charge in [-0.2, -0.15) is 4.98 Å². The standard InChI is InChI=1S/C28H33ClN6O2/c1-7-22(36)33-13-18(6)34(14-17(33)5)26-20-12-21(29)24(19-8-9-19)31-27(20)35(28(37)32-26)25-16(4)10-11-30-23(25)15(2)3/h7,10-12,15,17-19H,1,8-9,13-14H2,2-6H3. The molecule has 0 bridgehead atoms. The fourth-order valence-corrected chi connectivity index (χ4v) is 5.62. The minimum absolute atomic E-state index is 0.0701. The number of fused-ring (bicyclic) bond motifs is 1. The molecule has 2 atom stereocenters. The Balaban J connectivity index is 1.76. The van der Waals surface area contributed by atoms with Gasteiger partial charge in [-0.25, -0.2) is 14.3 Å². The molecular formula is C28H33ClN6O2. The van der Waals surface area contributed by atoms with Gasteiger partial charge in [-0.1, -0.05) is 32.0 Å². The summed E-state index contributed by atoms with van der Waals surface area (Å²) in [6, 6.07) is 3.67. The number of aromatic nitrogens is 4. The highest BCUT2D eigenvalue weighted by Gasteiger charge is 2.35. The minimum Gasteiger partial charge on any atom is -0.349 e. The highest BCUT2D eigenvalue weighted by atomic mass is 35.5. The smallest absolute Gasteiger partial charge is 0.349 e. The Morgan fingerprint density at radius 2 is 1.92 bits per heavy atom. The average Bonchev–Trinajstić information content (AvgIpc) is 3.70. The Kier molecular flexibility index (Phi) is 6.56. The molecule has 3 aromatic heterocycles. The van der Waals surface area contributed by atoms with Crippen LogP contribution in [-0.4, -0.2) is 55.5 Å². The third kappa shape index (κ3) is 4.41. The minimum atomic E-state index is -0.401. The van der Waals surface area contributed by atoms with Crippen molar-refractivity contribution in [3.63, 3.8) is 0 Å². The van der Waals surface area contributed by atoms with Gasteiger partial charge >= 0.3 is 5.69 Å². The average molecular weight is 521 g/mol. The molecule has 4 heterocycles. The van der Waals surface area contributed by atoms with E-state index in [9.17, 15) is 9.59 Å². The van der Waals surface area contributed by atoms with Crippen molar-refractivity contribution in [2.24, 2.45) is 0 Å². The number of nitrogens with zero attached hydrogens (tertiary/aromatic N) is 6. The second-order valence-corrected chi connectivity index (χ2v) is 11.0. The summed E-state index contributed by atoms with van der Waals surface area (Å²) in [6.07, 6.45) is 5.20. The van der Waals surface area contributed by atoms with E-state index < -0.39 is 5.69 Å². The number of hydrogen-bond acceptors (Lipinski definition) is 6. The summed E-state index contributed by atoms with van der Waals surface area (Å²) >= 11 is 6.78. The number of carbonyl (C=O) groups is 1. The van der Waals surface area contributed by atoms with Crippen molar-refractivity contribution in [2.45, 2.75) is 71.4 Å². The van der Waals surface area contributed by atoms with E-state index in [1.807, 2.05) is 37.8 Å². The molecule has 9 heteroatoms. The highest BCUT2D eigenvalue weighted by Crippen LogP contribution is 2.44. The van der Waals surface area contributed by atoms with Crippen LogP contribution in [0.5, 0.6) is 0 Å². The van der Waals surface area contributed by atoms with Crippen LogP contribution in [0.1, 0.15) is 69.3 Å². The maximum absolute atomic E-state index is 13.9. The van der Waals surface area contributed by atoms with Crippen LogP contribution in [0.15, 0.2) is 35.8 Å². The third-order valence-corrected chi connectivity index (χ3v) is 7.74. The Morgan fingerprint density at radius 3 is 2.57 bits per heavy atom. The zero-order valence-electron chi connectivity index (χ0n) is 22.0. The Hall–Kier alpha value is -3.26. The molecule has 2 unspecified atom stereocenters. The second-order valence-electron chi connectivity index (χ2n) is 10.6. The van der Waals surface area contributed by atoms with Crippen LogP contribution >= 0.6 is 11.6 Å². The quantitative estimate of drug-likeness (QED) is 0.451. The molecule has 37 heavy (non-hydrogen) atoms. The van der Waals surface area contributed by atoms with Crippen LogP contribution in [-0.2, 0) is 4.79 Å². The first-order valence-electron chi connectivity index (χ1n) is 12.9. The number of hydrogen-bond donors (Lipinski definition) is 0. The zero-order chi connectivity index (χ0) is 26.6. The van der Waals surface area contributed by atoms with Gasteiger partial charge in [0.05, 0.1) is 27.5 Å². The Morgan fingerprint density at radius 1 is 1.19 bits per heavy atom. The van der Waals surface area contributed by atoms with E-state index in [0.717, 1.165) is 40.9 Å². The molecule has 5 rings (SSSR count). The Bertz CT molecular complexity index is 1460. The fraction of sp³-hybridized carbons (Fsp3) is 0.464. The Labute approximate surface area is 222 Å². The van der Waals surface area contributed by atoms with Gasteiger partial charge in [0, 0.05) is 37.3 Å². The molecular weight excluding hydrogens is 488 g/mol. The maximum atomic E-state index is 13.9. The third-order valence-electron chi connectivity index (χ3n) is 7.43. The zero-order valence-corrected chi connectivity index (χ0v) is 22.8. The lowest BCUT2D eigenvalue weighted by molar-refractivity contribution is -0.128. The molecule has 2 fully saturated rings. The first-order chi connectivity index (χ1) is 17.6. The van der Waals surface area contributed by atoms with Gasteiger partial charge in [-0.3, -0.25) is 9.78 Å². The molecule has 3 aromatic rings. The number of pyridine rings is 2. The number of carbonyl (C=O) groups excluding carboxylic acids is 1. The van der Waals surface area contributed by atoms with Crippen LogP contribution in [0.4, 0.5) is 5.82 Å². The van der Waals surface area contributed by atoms with E-state index in [0.29, 0.717) is 35.5 Å². The highest BCUT2D eigenvalue weighted by molar-refractivity contribution is 6.32. The van der Waals surface area contributed by atoms with Gasteiger partial charge in [0.15, 0.2) is 5.65 Å². The van der Waals surface area contributed by atoms with Crippen LogP contribution in [0.3, 0.4) is 0 Å². The van der Waals surface area contributed by atoms with Crippen molar-refractivity contribution >= 4 is 34.4 Å². The van der Waals surface area contributed by atoms with E-state index in [1.54, 1.807) is 10.8 Å². The number of halogens is 1. The monoisotopic (exact) mass is 520 g/mol. The summed E-state index contributed by atoms with van der Waals surface area (Å²) in [5, 5.41) is 1.31. The van der Waals surface area contributed by atoms with Gasteiger partial charge in [0.25, 0.3) is 0 Å². The molecule has 0 N–H and O–H groups in total. The summed E-state index contributed by atoms with van der Waals surface area (Å²) in [6.45, 7) is 14.8. The fourth-order valence-electron chi connectivity index (χ4n) is 5.31. The van der Waals surface area contributed by atoms with Crippen LogP contribution < -0.4 is 10.6 Å². The molecule has 0 aromatic carbocycles. The van der Waals surface area contributed by atoms with Gasteiger partial charge in [-0.15, -0.1) is 0 Å². The van der Waals surface area contributed by atoms with E-state index in [2.05, 4.69) is 35.3 Å². The first kappa shape index (κ1) is 25.4. The molecule has 1 saturated heterocycles. The summed E-state index contributed by atoms with van der Waals surface area (Å²) in [7, 11) is 0. The lowest BCUT2D eigenvalue weighted by atomic mass is 10.0. The van der Waals surface area contributed by atoms with Gasteiger partial charge < -0.3 is 9.80 Å². The van der Waals surface area contributed by atoms with Gasteiger partial charge in [0.2, 0.25) is 5.91 Å². The summed E-state index contributed by atoms with van der Waals surface area (Å²) in [5.41, 5.74) is 3.45. The van der Waals surface area contributed by atoms with E-state index in [4.69, 9.17) is 16.6 Å². The molecule has 8 nitrogen and oxygen atoms in total. The molecule has 1 aliphatic heterocycles. The molecule has 2 aliphatic rings. The molecule has 194 valence electrons. The molecule has 1 amide bonds. The predicted octanol–water partition coefficient (Wildman–Crippen LogP) is 4.75. The summed E-state index contributed by atoms with van der Waals surface area (Å²) in [4.78, 5) is 44.4. The topological polar surface area (TPSA) is 84.2 Å². The maximum Gasteiger partial charge on any atom is 0.355 e. The van der Waals surface area contributed by atoms with E-state index >= 15 is 0 Å². The van der Waals surface area contributed by atoms with Gasteiger partial charge in [-0.05, 0) is 63.3 Å². The van der Waals surface area contributed by atoms with Crippen LogP contribution in [0.25, 0.3) is 16.7 Å². The normalized spacial score (nSPS) is 20.1. The largest absolute Gasteiger partial charge is 0.355 e. The van der Waals surface area contributed by atoms with Crippen molar-refractivity contribution in [1.82, 2.24) is 24.4 Å².